The lowest BCUT2D eigenvalue weighted by Gasteiger charge is -1.85. The van der Waals surface area contributed by atoms with Crippen molar-refractivity contribution in [1.29, 1.82) is 0 Å². The Morgan fingerprint density at radius 2 is 1.80 bits per heavy atom. The van der Waals surface area contributed by atoms with E-state index in [1.165, 1.54) is 0 Å². The number of ketones is 1. The lowest BCUT2D eigenvalue weighted by Crippen LogP contribution is -2.07. The highest BCUT2D eigenvalue weighted by Gasteiger charge is 2.09. The molecule has 0 aliphatic heterocycles. The zero-order valence-electron chi connectivity index (χ0n) is 4.94. The monoisotopic (exact) mass is 164 g/mol. The van der Waals surface area contributed by atoms with Gasteiger partial charge in [-0.3, -0.25) is 9.59 Å². The zero-order chi connectivity index (χ0) is 8.15. The summed E-state index contributed by atoms with van der Waals surface area (Å²) in [5.74, 6) is -2.09. The first-order chi connectivity index (χ1) is 4.52. The average molecular weight is 164 g/mol. The molecule has 10 heavy (non-hydrogen) atoms. The molecule has 0 heterocycles. The van der Waals surface area contributed by atoms with Crippen LogP contribution in [0.1, 0.15) is 6.42 Å². The number of rotatable bonds is 4. The normalized spacial score (nSPS) is 8.80. The number of carbonyl (C=O) groups is 2. The molecule has 0 aliphatic carbocycles. The van der Waals surface area contributed by atoms with E-state index in [-0.39, 0.29) is 0 Å². The van der Waals surface area contributed by atoms with E-state index >= 15 is 0 Å². The number of carbonyl (C=O) groups excluding carboxylic acids is 1. The molecule has 0 amide bonds. The van der Waals surface area contributed by atoms with Crippen LogP contribution in [0, 0.1) is 0 Å². The lowest BCUT2D eigenvalue weighted by molar-refractivity contribution is -0.139. The first kappa shape index (κ1) is 9.04. The third-order valence-corrected chi connectivity index (χ3v) is 1.26. The second kappa shape index (κ2) is 3.95. The van der Waals surface area contributed by atoms with Crippen LogP contribution in [0.4, 0.5) is 0 Å². The van der Waals surface area contributed by atoms with Crippen molar-refractivity contribution in [2.45, 2.75) is 6.42 Å². The second-order valence-electron chi connectivity index (χ2n) is 1.60. The standard InChI is InChI=1S/C4H5O5P/c5-3(1-4(6)7)2-10(8)9/h1-2H2,(H,6,7). The average Bonchev–Trinajstić information content (AvgIpc) is 1.58. The SMILES string of the molecule is O=C(O)CC(=O)CP(=O)=O. The molecule has 0 saturated carbocycles. The molecule has 0 radical (unpaired) electrons. The Labute approximate surface area is 56.9 Å². The fourth-order valence-corrected chi connectivity index (χ4v) is 0.768. The summed E-state index contributed by atoms with van der Waals surface area (Å²) in [5, 5.41) is 7.98. The highest BCUT2D eigenvalue weighted by atomic mass is 31.1. The third-order valence-electron chi connectivity index (χ3n) is 0.654. The van der Waals surface area contributed by atoms with E-state index in [4.69, 9.17) is 5.11 Å². The van der Waals surface area contributed by atoms with Crippen molar-refractivity contribution >= 4 is 19.4 Å². The van der Waals surface area contributed by atoms with Gasteiger partial charge in [0.05, 0.1) is 0 Å². The van der Waals surface area contributed by atoms with Crippen LogP contribution in [0.25, 0.3) is 0 Å². The van der Waals surface area contributed by atoms with E-state index in [1.807, 2.05) is 0 Å². The van der Waals surface area contributed by atoms with Gasteiger partial charge >= 0.3 is 13.6 Å². The van der Waals surface area contributed by atoms with Gasteiger partial charge in [0, 0.05) is 0 Å². The fourth-order valence-electron chi connectivity index (χ4n) is 0.369. The fraction of sp³-hybridized carbons (Fsp3) is 0.500. The van der Waals surface area contributed by atoms with Gasteiger partial charge in [0.15, 0.2) is 5.78 Å². The molecule has 1 N–H and O–H groups in total. The molecular weight excluding hydrogens is 159 g/mol. The smallest absolute Gasteiger partial charge is 0.323 e. The summed E-state index contributed by atoms with van der Waals surface area (Å²) in [6.07, 6.45) is -1.40. The summed E-state index contributed by atoms with van der Waals surface area (Å²) < 4.78 is 19.6. The van der Waals surface area contributed by atoms with Gasteiger partial charge in [-0.15, -0.1) is 0 Å². The van der Waals surface area contributed by atoms with Crippen molar-refractivity contribution in [1.82, 2.24) is 0 Å². The van der Waals surface area contributed by atoms with Crippen LogP contribution >= 0.6 is 7.68 Å². The lowest BCUT2D eigenvalue weighted by atomic mass is 10.3. The van der Waals surface area contributed by atoms with Crippen LogP contribution in [0.5, 0.6) is 0 Å². The summed E-state index contributed by atoms with van der Waals surface area (Å²) in [7, 11) is -2.78. The van der Waals surface area contributed by atoms with E-state index in [0.29, 0.717) is 0 Å². The molecule has 0 spiro atoms. The molecule has 0 atom stereocenters. The van der Waals surface area contributed by atoms with Crippen molar-refractivity contribution in [2.24, 2.45) is 0 Å². The minimum atomic E-state index is -2.78. The molecule has 56 valence electrons. The molecule has 6 heteroatoms. The Bertz CT molecular complexity index is 208. The van der Waals surface area contributed by atoms with E-state index in [9.17, 15) is 18.7 Å². The molecule has 0 aromatic rings. The molecule has 5 nitrogen and oxygen atoms in total. The first-order valence-corrected chi connectivity index (χ1v) is 3.74. The molecule has 0 fully saturated rings. The number of aliphatic carboxylic acids is 1. The quantitative estimate of drug-likeness (QED) is 0.473. The maximum atomic E-state index is 10.3. The second-order valence-corrected chi connectivity index (χ2v) is 2.58. The Morgan fingerprint density at radius 1 is 1.30 bits per heavy atom. The molecule has 0 saturated heterocycles. The largest absolute Gasteiger partial charge is 0.481 e. The van der Waals surface area contributed by atoms with E-state index in [2.05, 4.69) is 0 Å². The summed E-state index contributed by atoms with van der Waals surface area (Å²) >= 11 is 0. The summed E-state index contributed by atoms with van der Waals surface area (Å²) in [6, 6.07) is 0. The van der Waals surface area contributed by atoms with Crippen molar-refractivity contribution in [3.63, 3.8) is 0 Å². The third kappa shape index (κ3) is 5.18. The van der Waals surface area contributed by atoms with Crippen molar-refractivity contribution in [3.05, 3.63) is 0 Å². The topological polar surface area (TPSA) is 88.5 Å². The Balaban J connectivity index is 3.76. The molecule has 0 aromatic heterocycles. The van der Waals surface area contributed by atoms with Gasteiger partial charge in [-0.05, 0) is 0 Å². The van der Waals surface area contributed by atoms with Gasteiger partial charge in [0.1, 0.15) is 12.6 Å². The minimum Gasteiger partial charge on any atom is -0.481 e. The minimum absolute atomic E-state index is 0.679. The maximum Gasteiger partial charge on any atom is 0.323 e. The van der Waals surface area contributed by atoms with Gasteiger partial charge in [-0.2, -0.15) is 0 Å². The van der Waals surface area contributed by atoms with Crippen LogP contribution in [-0.4, -0.2) is 23.0 Å². The van der Waals surface area contributed by atoms with Gasteiger partial charge in [-0.1, -0.05) is 0 Å². The Morgan fingerprint density at radius 3 is 2.10 bits per heavy atom. The number of Topliss-reactive ketones (excluding diaryl/α,β-unsaturated/α-hetero) is 1. The summed E-state index contributed by atoms with van der Waals surface area (Å²) in [4.78, 5) is 20.1. The van der Waals surface area contributed by atoms with Crippen LogP contribution in [0.3, 0.4) is 0 Å². The van der Waals surface area contributed by atoms with Crippen molar-refractivity contribution in [3.8, 4) is 0 Å². The molecule has 0 unspecified atom stereocenters. The molecule has 0 bridgehead atoms. The number of carboxylic acid groups (broad SMARTS) is 1. The van der Waals surface area contributed by atoms with Gasteiger partial charge in [0.2, 0.25) is 0 Å². The molecule has 0 aliphatic rings. The predicted octanol–water partition coefficient (Wildman–Crippen LogP) is 0.203. The number of hydrogen-bond donors (Lipinski definition) is 1. The van der Waals surface area contributed by atoms with E-state index in [0.717, 1.165) is 0 Å². The van der Waals surface area contributed by atoms with Crippen LogP contribution in [-0.2, 0) is 18.7 Å². The van der Waals surface area contributed by atoms with Crippen LogP contribution in [0.2, 0.25) is 0 Å². The first-order valence-electron chi connectivity index (χ1n) is 2.37. The van der Waals surface area contributed by atoms with E-state index < -0.39 is 32.0 Å². The van der Waals surface area contributed by atoms with Crippen molar-refractivity contribution < 1.29 is 23.8 Å². The molecular formula is C4H5O5P. The highest BCUT2D eigenvalue weighted by Crippen LogP contribution is 2.03. The Kier molecular flexibility index (Phi) is 3.57. The van der Waals surface area contributed by atoms with Gasteiger partial charge in [-0.25, -0.2) is 9.13 Å². The maximum absolute atomic E-state index is 10.3. The number of hydrogen-bond acceptors (Lipinski definition) is 4. The van der Waals surface area contributed by atoms with Crippen LogP contribution in [0.15, 0.2) is 0 Å². The molecule has 0 rings (SSSR count). The molecule has 0 aromatic carbocycles. The van der Waals surface area contributed by atoms with Crippen LogP contribution < -0.4 is 0 Å². The van der Waals surface area contributed by atoms with Crippen molar-refractivity contribution in [2.75, 3.05) is 6.16 Å². The van der Waals surface area contributed by atoms with Gasteiger partial charge in [0.25, 0.3) is 0 Å². The summed E-state index contributed by atoms with van der Waals surface area (Å²) in [5.41, 5.74) is 0. The Hall–Kier alpha value is -0.960. The van der Waals surface area contributed by atoms with Gasteiger partial charge < -0.3 is 5.11 Å². The zero-order valence-corrected chi connectivity index (χ0v) is 5.84. The number of carboxylic acids is 1. The summed E-state index contributed by atoms with van der Waals surface area (Å²) in [6.45, 7) is 0. The predicted molar refractivity (Wildman–Crippen MR) is 30.4 cm³/mol. The highest BCUT2D eigenvalue weighted by molar-refractivity contribution is 7.32. The van der Waals surface area contributed by atoms with E-state index in [1.54, 1.807) is 0 Å².